The molecule has 1 aliphatic rings. The maximum absolute atomic E-state index is 12.6. The van der Waals surface area contributed by atoms with E-state index >= 15 is 0 Å². The zero-order valence-electron chi connectivity index (χ0n) is 13.7. The van der Waals surface area contributed by atoms with E-state index in [4.69, 9.17) is 0 Å². The van der Waals surface area contributed by atoms with Crippen LogP contribution in [0, 0.1) is 0 Å². The Morgan fingerprint density at radius 1 is 1.04 bits per heavy atom. The molecule has 2 aromatic carbocycles. The molecule has 0 bridgehead atoms. The third kappa shape index (κ3) is 2.69. The van der Waals surface area contributed by atoms with Gasteiger partial charge < -0.3 is 15.3 Å². The molecule has 1 unspecified atom stereocenters. The van der Waals surface area contributed by atoms with E-state index in [1.54, 1.807) is 30.3 Å². The fourth-order valence-electron chi connectivity index (χ4n) is 3.03. The van der Waals surface area contributed by atoms with Gasteiger partial charge in [-0.2, -0.15) is 0 Å². The van der Waals surface area contributed by atoms with Crippen LogP contribution in [-0.4, -0.2) is 33.0 Å². The van der Waals surface area contributed by atoms with Crippen LogP contribution in [-0.2, 0) is 9.59 Å². The van der Waals surface area contributed by atoms with Gasteiger partial charge in [-0.15, -0.1) is 0 Å². The largest absolute Gasteiger partial charge is 0.507 e. The van der Waals surface area contributed by atoms with Gasteiger partial charge in [0.1, 0.15) is 11.3 Å². The highest BCUT2D eigenvalue weighted by Crippen LogP contribution is 2.41. The van der Waals surface area contributed by atoms with Crippen molar-refractivity contribution < 1.29 is 29.7 Å². The number of hydrogen-bond acceptors (Lipinski definition) is 5. The molecule has 26 heavy (non-hydrogen) atoms. The number of aromatic hydroxyl groups is 1. The maximum atomic E-state index is 12.6. The van der Waals surface area contributed by atoms with E-state index in [2.05, 4.69) is 0 Å². The second-order valence-electron chi connectivity index (χ2n) is 5.81. The Balaban J connectivity index is 2.20. The molecule has 0 saturated carbocycles. The number of rotatable bonds is 4. The molecule has 1 aliphatic heterocycles. The Morgan fingerprint density at radius 3 is 2.27 bits per heavy atom. The Kier molecular flexibility index (Phi) is 4.21. The highest BCUT2D eigenvalue weighted by Gasteiger charge is 2.43. The summed E-state index contributed by atoms with van der Waals surface area (Å²) in [6.45, 7) is 1.25. The number of aliphatic hydroxyl groups is 1. The number of Topliss-reactive ketones (excluding diaryl/α,β-unsaturated/α-hetero) is 1. The smallest absolute Gasteiger partial charge is 0.339 e. The molecule has 0 saturated heterocycles. The topological polar surface area (TPSA) is 115 Å². The summed E-state index contributed by atoms with van der Waals surface area (Å²) >= 11 is 0. The van der Waals surface area contributed by atoms with E-state index in [0.29, 0.717) is 5.56 Å². The van der Waals surface area contributed by atoms with Crippen LogP contribution in [0.3, 0.4) is 0 Å². The second-order valence-corrected chi connectivity index (χ2v) is 5.81. The lowest BCUT2D eigenvalue weighted by atomic mass is 9.96. The highest BCUT2D eigenvalue weighted by atomic mass is 16.4. The summed E-state index contributed by atoms with van der Waals surface area (Å²) < 4.78 is 0. The van der Waals surface area contributed by atoms with Gasteiger partial charge in [-0.1, -0.05) is 30.3 Å². The predicted molar refractivity (Wildman–Crippen MR) is 92.1 cm³/mol. The molecular formula is C19H15NO6. The SMILES string of the molecule is CC(=O)C1=C(O)C(=O)N(c2ccc(O)c(C(=O)O)c2)C1c1ccccc1. The zero-order chi connectivity index (χ0) is 19.0. The van der Waals surface area contributed by atoms with Gasteiger partial charge in [0.05, 0.1) is 11.6 Å². The summed E-state index contributed by atoms with van der Waals surface area (Å²) in [5.74, 6) is -3.77. The van der Waals surface area contributed by atoms with Crippen LogP contribution in [0.2, 0.25) is 0 Å². The number of phenols is 1. The minimum Gasteiger partial charge on any atom is -0.507 e. The van der Waals surface area contributed by atoms with Crippen LogP contribution < -0.4 is 4.90 Å². The van der Waals surface area contributed by atoms with Gasteiger partial charge in [0.15, 0.2) is 11.5 Å². The Labute approximate surface area is 148 Å². The number of amides is 1. The lowest BCUT2D eigenvalue weighted by Crippen LogP contribution is -2.31. The Hall–Kier alpha value is -3.61. The van der Waals surface area contributed by atoms with E-state index in [1.165, 1.54) is 13.0 Å². The number of anilines is 1. The lowest BCUT2D eigenvalue weighted by Gasteiger charge is -2.27. The van der Waals surface area contributed by atoms with Gasteiger partial charge in [0.25, 0.3) is 5.91 Å². The fraction of sp³-hybridized carbons (Fsp3) is 0.105. The molecule has 0 fully saturated rings. The summed E-state index contributed by atoms with van der Waals surface area (Å²) in [6, 6.07) is 11.4. The molecule has 3 N–H and O–H groups in total. The molecule has 3 rings (SSSR count). The first-order chi connectivity index (χ1) is 12.3. The van der Waals surface area contributed by atoms with Crippen LogP contribution in [0.1, 0.15) is 28.9 Å². The predicted octanol–water partition coefficient (Wildman–Crippen LogP) is 2.58. The van der Waals surface area contributed by atoms with Gasteiger partial charge in [-0.3, -0.25) is 14.5 Å². The molecule has 1 amide bonds. The summed E-state index contributed by atoms with van der Waals surface area (Å²) in [7, 11) is 0. The van der Waals surface area contributed by atoms with Crippen molar-refractivity contribution in [2.45, 2.75) is 13.0 Å². The van der Waals surface area contributed by atoms with Crippen LogP contribution in [0.5, 0.6) is 5.75 Å². The van der Waals surface area contributed by atoms with Gasteiger partial charge in [0, 0.05) is 5.69 Å². The van der Waals surface area contributed by atoms with Crippen LogP contribution in [0.15, 0.2) is 59.9 Å². The normalized spacial score (nSPS) is 16.9. The van der Waals surface area contributed by atoms with Gasteiger partial charge >= 0.3 is 5.97 Å². The summed E-state index contributed by atoms with van der Waals surface area (Å²) in [5.41, 5.74) is 0.269. The van der Waals surface area contributed by atoms with Gasteiger partial charge in [-0.05, 0) is 30.7 Å². The second kappa shape index (κ2) is 6.36. The fourth-order valence-corrected chi connectivity index (χ4v) is 3.03. The number of aromatic carboxylic acids is 1. The van der Waals surface area contributed by atoms with Crippen molar-refractivity contribution in [3.05, 3.63) is 71.0 Å². The van der Waals surface area contributed by atoms with Crippen molar-refractivity contribution in [2.24, 2.45) is 0 Å². The average Bonchev–Trinajstić information content (AvgIpc) is 2.88. The van der Waals surface area contributed by atoms with Crippen molar-refractivity contribution in [2.75, 3.05) is 4.90 Å². The number of carboxylic acids is 1. The van der Waals surface area contributed by atoms with Gasteiger partial charge in [-0.25, -0.2) is 4.79 Å². The number of ketones is 1. The highest BCUT2D eigenvalue weighted by molar-refractivity contribution is 6.16. The zero-order valence-corrected chi connectivity index (χ0v) is 13.7. The van der Waals surface area contributed by atoms with Crippen LogP contribution in [0.4, 0.5) is 5.69 Å². The molecule has 1 atom stereocenters. The molecule has 0 spiro atoms. The number of carbonyl (C=O) groups is 3. The van der Waals surface area contributed by atoms with E-state index < -0.39 is 40.8 Å². The Morgan fingerprint density at radius 2 is 1.69 bits per heavy atom. The quantitative estimate of drug-likeness (QED) is 0.778. The maximum Gasteiger partial charge on any atom is 0.339 e. The number of benzene rings is 2. The number of hydrogen-bond donors (Lipinski definition) is 3. The van der Waals surface area contributed by atoms with E-state index in [-0.39, 0.29) is 11.3 Å². The minimum absolute atomic E-state index is 0.0637. The van der Waals surface area contributed by atoms with Crippen molar-refractivity contribution in [3.63, 3.8) is 0 Å². The van der Waals surface area contributed by atoms with Crippen molar-refractivity contribution in [1.82, 2.24) is 0 Å². The third-order valence-corrected chi connectivity index (χ3v) is 4.19. The monoisotopic (exact) mass is 353 g/mol. The first-order valence-corrected chi connectivity index (χ1v) is 7.71. The third-order valence-electron chi connectivity index (χ3n) is 4.19. The van der Waals surface area contributed by atoms with E-state index in [1.807, 2.05) is 0 Å². The van der Waals surface area contributed by atoms with Crippen molar-refractivity contribution in [1.29, 1.82) is 0 Å². The van der Waals surface area contributed by atoms with Crippen LogP contribution >= 0.6 is 0 Å². The first kappa shape index (κ1) is 17.2. The molecule has 0 aliphatic carbocycles. The molecule has 1 heterocycles. The summed E-state index contributed by atoms with van der Waals surface area (Å²) in [5, 5.41) is 29.1. The van der Waals surface area contributed by atoms with Crippen molar-refractivity contribution in [3.8, 4) is 5.75 Å². The lowest BCUT2D eigenvalue weighted by molar-refractivity contribution is -0.117. The Bertz CT molecular complexity index is 948. The summed E-state index contributed by atoms with van der Waals surface area (Å²) in [4.78, 5) is 37.1. The standard InChI is InChI=1S/C19H15NO6/c1-10(21)15-16(11-5-3-2-4-6-11)20(18(24)17(15)23)12-7-8-14(22)13(9-12)19(25)26/h2-9,16,22-23H,1H3,(H,25,26). The molecule has 7 nitrogen and oxygen atoms in total. The molecule has 2 aromatic rings. The van der Waals surface area contributed by atoms with Gasteiger partial charge in [0.2, 0.25) is 0 Å². The number of carbonyl (C=O) groups excluding carboxylic acids is 2. The van der Waals surface area contributed by atoms with Crippen LogP contribution in [0.25, 0.3) is 0 Å². The van der Waals surface area contributed by atoms with Crippen molar-refractivity contribution >= 4 is 23.3 Å². The molecule has 0 aromatic heterocycles. The molecule has 0 radical (unpaired) electrons. The summed E-state index contributed by atoms with van der Waals surface area (Å²) in [6.07, 6.45) is 0. The minimum atomic E-state index is -1.36. The number of aliphatic hydroxyl groups excluding tert-OH is 1. The molecular weight excluding hydrogens is 338 g/mol. The molecule has 7 heteroatoms. The molecule has 132 valence electrons. The number of nitrogens with zero attached hydrogens (tertiary/aromatic N) is 1. The number of carboxylic acid groups (broad SMARTS) is 1. The first-order valence-electron chi connectivity index (χ1n) is 7.71. The average molecular weight is 353 g/mol. The van der Waals surface area contributed by atoms with E-state index in [0.717, 1.165) is 17.0 Å². The van der Waals surface area contributed by atoms with E-state index in [9.17, 15) is 29.7 Å².